The van der Waals surface area contributed by atoms with Crippen LogP contribution in [0.3, 0.4) is 0 Å². The van der Waals surface area contributed by atoms with E-state index in [0.717, 1.165) is 13.1 Å². The van der Waals surface area contributed by atoms with Crippen LogP contribution in [0.2, 0.25) is 0 Å². The Morgan fingerprint density at radius 1 is 1.19 bits per heavy atom. The van der Waals surface area contributed by atoms with Crippen molar-refractivity contribution < 1.29 is 0 Å². The molecule has 0 spiro atoms. The molecule has 0 radical (unpaired) electrons. The van der Waals surface area contributed by atoms with Crippen molar-refractivity contribution in [3.63, 3.8) is 0 Å². The Kier molecular flexibility index (Phi) is 5.46. The lowest BCUT2D eigenvalue weighted by atomic mass is 10.3. The molecule has 0 amide bonds. The maximum Gasteiger partial charge on any atom is 0.0327 e. The van der Waals surface area contributed by atoms with Crippen LogP contribution in [0.1, 0.15) is 37.4 Å². The number of thiophene rings is 1. The minimum absolute atomic E-state index is 0.559. The van der Waals surface area contributed by atoms with Crippen LogP contribution < -0.4 is 5.32 Å². The van der Waals surface area contributed by atoms with E-state index >= 15 is 0 Å². The van der Waals surface area contributed by atoms with Gasteiger partial charge in [-0.15, -0.1) is 11.3 Å². The molecule has 16 heavy (non-hydrogen) atoms. The Hall–Kier alpha value is -0.380. The van der Waals surface area contributed by atoms with Gasteiger partial charge in [0, 0.05) is 34.9 Å². The quantitative estimate of drug-likeness (QED) is 0.822. The molecule has 92 valence electrons. The van der Waals surface area contributed by atoms with Gasteiger partial charge in [0.25, 0.3) is 0 Å². The lowest BCUT2D eigenvalue weighted by molar-refractivity contribution is 0.268. The molecule has 0 fully saturated rings. The Morgan fingerprint density at radius 2 is 1.81 bits per heavy atom. The van der Waals surface area contributed by atoms with Crippen molar-refractivity contribution >= 4 is 11.3 Å². The van der Waals surface area contributed by atoms with E-state index in [0.29, 0.717) is 12.1 Å². The molecule has 0 aromatic carbocycles. The van der Waals surface area contributed by atoms with Gasteiger partial charge in [0.05, 0.1) is 0 Å². The molecule has 1 rings (SSSR count). The van der Waals surface area contributed by atoms with Crippen molar-refractivity contribution in [2.45, 2.75) is 52.9 Å². The minimum atomic E-state index is 0.559. The van der Waals surface area contributed by atoms with E-state index in [2.05, 4.69) is 57.1 Å². The second-order valence-electron chi connectivity index (χ2n) is 4.91. The summed E-state index contributed by atoms with van der Waals surface area (Å²) in [6, 6.07) is 5.66. The van der Waals surface area contributed by atoms with E-state index in [9.17, 15) is 0 Å². The lowest BCUT2D eigenvalue weighted by Gasteiger charge is -2.19. The molecular formula is C13H24N2S. The molecule has 1 aromatic rings. The van der Waals surface area contributed by atoms with Crippen molar-refractivity contribution in [2.24, 2.45) is 0 Å². The first-order chi connectivity index (χ1) is 7.49. The van der Waals surface area contributed by atoms with Crippen LogP contribution in [0.15, 0.2) is 12.1 Å². The van der Waals surface area contributed by atoms with Gasteiger partial charge >= 0.3 is 0 Å². The average Bonchev–Trinajstić information content (AvgIpc) is 2.62. The zero-order chi connectivity index (χ0) is 12.1. The summed E-state index contributed by atoms with van der Waals surface area (Å²) in [7, 11) is 2.18. The Morgan fingerprint density at radius 3 is 2.38 bits per heavy atom. The summed E-state index contributed by atoms with van der Waals surface area (Å²) >= 11 is 1.92. The van der Waals surface area contributed by atoms with E-state index in [1.165, 1.54) is 9.75 Å². The van der Waals surface area contributed by atoms with Crippen LogP contribution in [-0.4, -0.2) is 24.0 Å². The van der Waals surface area contributed by atoms with Gasteiger partial charge in [-0.1, -0.05) is 13.8 Å². The molecule has 2 nitrogen and oxygen atoms in total. The molecule has 0 unspecified atom stereocenters. The monoisotopic (exact) mass is 240 g/mol. The minimum Gasteiger partial charge on any atom is -0.310 e. The number of nitrogens with one attached hydrogen (secondary N) is 1. The highest BCUT2D eigenvalue weighted by Gasteiger charge is 2.06. The van der Waals surface area contributed by atoms with E-state index in [-0.39, 0.29) is 0 Å². The van der Waals surface area contributed by atoms with Crippen LogP contribution >= 0.6 is 11.3 Å². The van der Waals surface area contributed by atoms with Crippen LogP contribution in [0.5, 0.6) is 0 Å². The van der Waals surface area contributed by atoms with Crippen LogP contribution in [0, 0.1) is 0 Å². The Labute approximate surface area is 104 Å². The molecule has 1 aromatic heterocycles. The third-order valence-corrected chi connectivity index (χ3v) is 3.76. The highest BCUT2D eigenvalue weighted by Crippen LogP contribution is 2.18. The first kappa shape index (κ1) is 13.7. The van der Waals surface area contributed by atoms with E-state index < -0.39 is 0 Å². The largest absolute Gasteiger partial charge is 0.310 e. The predicted octanol–water partition coefficient (Wildman–Crippen LogP) is 3.09. The molecular weight excluding hydrogens is 216 g/mol. The van der Waals surface area contributed by atoms with Crippen molar-refractivity contribution in [2.75, 3.05) is 7.05 Å². The van der Waals surface area contributed by atoms with Crippen molar-refractivity contribution in [3.05, 3.63) is 21.9 Å². The average molecular weight is 240 g/mol. The normalized spacial score (nSPS) is 12.0. The smallest absolute Gasteiger partial charge is 0.0327 e. The van der Waals surface area contributed by atoms with Crippen molar-refractivity contribution in [1.82, 2.24) is 10.2 Å². The maximum absolute atomic E-state index is 3.45. The summed E-state index contributed by atoms with van der Waals surface area (Å²) in [5.74, 6) is 0. The zero-order valence-electron chi connectivity index (χ0n) is 11.1. The molecule has 0 aliphatic rings. The van der Waals surface area contributed by atoms with E-state index in [1.807, 2.05) is 11.3 Å². The fourth-order valence-electron chi connectivity index (χ4n) is 1.34. The number of rotatable bonds is 6. The molecule has 0 aliphatic heterocycles. The van der Waals surface area contributed by atoms with E-state index in [1.54, 1.807) is 0 Å². The first-order valence-electron chi connectivity index (χ1n) is 6.00. The Bertz CT molecular complexity index is 305. The highest BCUT2D eigenvalue weighted by atomic mass is 32.1. The second kappa shape index (κ2) is 6.38. The second-order valence-corrected chi connectivity index (χ2v) is 6.17. The highest BCUT2D eigenvalue weighted by molar-refractivity contribution is 7.11. The van der Waals surface area contributed by atoms with Crippen molar-refractivity contribution in [1.29, 1.82) is 0 Å². The summed E-state index contributed by atoms with van der Waals surface area (Å²) < 4.78 is 0. The predicted molar refractivity (Wildman–Crippen MR) is 72.9 cm³/mol. The Balaban J connectivity index is 2.45. The standard InChI is InChI=1S/C13H24N2S/c1-10(2)14-8-12-6-7-13(16-12)9-15(5)11(3)4/h6-7,10-11,14H,8-9H2,1-5H3. The number of hydrogen-bond donors (Lipinski definition) is 1. The lowest BCUT2D eigenvalue weighted by Crippen LogP contribution is -2.25. The fourth-order valence-corrected chi connectivity index (χ4v) is 2.37. The molecule has 0 aliphatic carbocycles. The van der Waals surface area contributed by atoms with Gasteiger partial charge < -0.3 is 5.32 Å². The van der Waals surface area contributed by atoms with Crippen LogP contribution in [-0.2, 0) is 13.1 Å². The third-order valence-electron chi connectivity index (χ3n) is 2.69. The third kappa shape index (κ3) is 4.64. The van der Waals surface area contributed by atoms with Crippen LogP contribution in [0.25, 0.3) is 0 Å². The summed E-state index contributed by atoms with van der Waals surface area (Å²) in [5, 5.41) is 3.45. The van der Waals surface area contributed by atoms with Gasteiger partial charge in [0.2, 0.25) is 0 Å². The summed E-state index contributed by atoms with van der Waals surface area (Å²) in [6.07, 6.45) is 0. The molecule has 0 saturated carbocycles. The SMILES string of the molecule is CC(C)NCc1ccc(CN(C)C(C)C)s1. The first-order valence-corrected chi connectivity index (χ1v) is 6.82. The van der Waals surface area contributed by atoms with Gasteiger partial charge in [-0.05, 0) is 33.0 Å². The van der Waals surface area contributed by atoms with Gasteiger partial charge in [0.15, 0.2) is 0 Å². The molecule has 0 atom stereocenters. The van der Waals surface area contributed by atoms with Gasteiger partial charge in [-0.3, -0.25) is 4.90 Å². The summed E-state index contributed by atoms with van der Waals surface area (Å²) in [6.45, 7) is 10.9. The maximum atomic E-state index is 3.45. The summed E-state index contributed by atoms with van der Waals surface area (Å²) in [4.78, 5) is 5.25. The molecule has 0 bridgehead atoms. The number of hydrogen-bond acceptors (Lipinski definition) is 3. The van der Waals surface area contributed by atoms with Gasteiger partial charge in [-0.25, -0.2) is 0 Å². The van der Waals surface area contributed by atoms with Gasteiger partial charge in [-0.2, -0.15) is 0 Å². The summed E-state index contributed by atoms with van der Waals surface area (Å²) in [5.41, 5.74) is 0. The van der Waals surface area contributed by atoms with E-state index in [4.69, 9.17) is 0 Å². The topological polar surface area (TPSA) is 15.3 Å². The van der Waals surface area contributed by atoms with Gasteiger partial charge in [0.1, 0.15) is 0 Å². The molecule has 3 heteroatoms. The zero-order valence-corrected chi connectivity index (χ0v) is 11.9. The molecule has 1 heterocycles. The molecule has 1 N–H and O–H groups in total. The molecule has 0 saturated heterocycles. The fraction of sp³-hybridized carbons (Fsp3) is 0.692. The number of nitrogens with zero attached hydrogens (tertiary/aromatic N) is 1. The van der Waals surface area contributed by atoms with Crippen molar-refractivity contribution in [3.8, 4) is 0 Å². The van der Waals surface area contributed by atoms with Crippen LogP contribution in [0.4, 0.5) is 0 Å².